The molecule has 7 heteroatoms. The Morgan fingerprint density at radius 1 is 1.10 bits per heavy atom. The second kappa shape index (κ2) is 10.6. The van der Waals surface area contributed by atoms with Crippen LogP contribution >= 0.6 is 0 Å². The van der Waals surface area contributed by atoms with Gasteiger partial charge in [0, 0.05) is 49.8 Å². The molecule has 7 nitrogen and oxygen atoms in total. The number of methoxy groups -OCH3 is 1. The average molecular weight is 400 g/mol. The van der Waals surface area contributed by atoms with E-state index in [1.54, 1.807) is 31.4 Å². The number of aromatic nitrogens is 1. The van der Waals surface area contributed by atoms with Crippen LogP contribution in [0.2, 0.25) is 0 Å². The molecule has 2 rings (SSSR count). The van der Waals surface area contributed by atoms with Crippen molar-refractivity contribution >= 4 is 23.3 Å². The Hall–Kier alpha value is -2.93. The molecule has 2 aromatic rings. The van der Waals surface area contributed by atoms with Crippen LogP contribution < -0.4 is 5.32 Å². The number of anilines is 1. The highest BCUT2D eigenvalue weighted by atomic mass is 16.5. The Labute approximate surface area is 171 Å². The Balaban J connectivity index is 1.89. The predicted octanol–water partition coefficient (Wildman–Crippen LogP) is 3.07. The first kappa shape index (κ1) is 22.4. The lowest BCUT2D eigenvalue weighted by Gasteiger charge is -2.09. The topological polar surface area (TPSA) is 86.6 Å². The maximum atomic E-state index is 12.5. The highest BCUT2D eigenvalue weighted by molar-refractivity contribution is 5.99. The molecule has 156 valence electrons. The summed E-state index contributed by atoms with van der Waals surface area (Å²) in [5.41, 5.74) is 3.84. The Morgan fingerprint density at radius 2 is 1.79 bits per heavy atom. The quantitative estimate of drug-likeness (QED) is 0.376. The number of nitrogens with one attached hydrogen (secondary N) is 1. The molecule has 0 spiro atoms. The summed E-state index contributed by atoms with van der Waals surface area (Å²) in [5, 5.41) is 2.66. The molecule has 0 aliphatic carbocycles. The van der Waals surface area contributed by atoms with Crippen LogP contribution in [-0.2, 0) is 32.0 Å². The van der Waals surface area contributed by atoms with Crippen LogP contribution in [0, 0.1) is 13.8 Å². The van der Waals surface area contributed by atoms with Crippen molar-refractivity contribution in [3.8, 4) is 0 Å². The molecule has 29 heavy (non-hydrogen) atoms. The number of Topliss-reactive ketones (excluding diaryl/α,β-unsaturated/α-hetero) is 1. The van der Waals surface area contributed by atoms with E-state index in [0.717, 1.165) is 29.9 Å². The van der Waals surface area contributed by atoms with Crippen molar-refractivity contribution in [2.75, 3.05) is 25.6 Å². The monoisotopic (exact) mass is 400 g/mol. The summed E-state index contributed by atoms with van der Waals surface area (Å²) >= 11 is 0. The van der Waals surface area contributed by atoms with Crippen LogP contribution in [0.4, 0.5) is 5.69 Å². The van der Waals surface area contributed by atoms with Gasteiger partial charge in [-0.15, -0.1) is 0 Å². The molecule has 0 aliphatic heterocycles. The first-order valence-electron chi connectivity index (χ1n) is 9.52. The molecule has 0 atom stereocenters. The van der Waals surface area contributed by atoms with E-state index in [-0.39, 0.29) is 24.7 Å². The van der Waals surface area contributed by atoms with Crippen molar-refractivity contribution < 1.29 is 23.9 Å². The van der Waals surface area contributed by atoms with Gasteiger partial charge < -0.3 is 19.4 Å². The summed E-state index contributed by atoms with van der Waals surface area (Å²) < 4.78 is 12.3. The number of amides is 1. The number of hydrogen-bond donors (Lipinski definition) is 1. The number of hydrogen-bond acceptors (Lipinski definition) is 5. The highest BCUT2D eigenvalue weighted by Gasteiger charge is 2.17. The van der Waals surface area contributed by atoms with Gasteiger partial charge >= 0.3 is 5.97 Å². The molecule has 0 aliphatic rings. The van der Waals surface area contributed by atoms with Gasteiger partial charge in [-0.25, -0.2) is 0 Å². The fourth-order valence-electron chi connectivity index (χ4n) is 3.15. The van der Waals surface area contributed by atoms with E-state index in [4.69, 9.17) is 9.47 Å². The number of carbonyl (C=O) groups excluding carboxylic acids is 3. The third-order valence-electron chi connectivity index (χ3n) is 4.59. The molecule has 0 fully saturated rings. The van der Waals surface area contributed by atoms with E-state index in [0.29, 0.717) is 17.9 Å². The van der Waals surface area contributed by atoms with E-state index in [2.05, 4.69) is 9.88 Å². The number of benzene rings is 1. The summed E-state index contributed by atoms with van der Waals surface area (Å²) in [6, 6.07) is 8.74. The van der Waals surface area contributed by atoms with Crippen LogP contribution in [0.5, 0.6) is 0 Å². The number of nitrogens with zero attached hydrogens (tertiary/aromatic N) is 1. The molecule has 0 unspecified atom stereocenters. The first-order valence-corrected chi connectivity index (χ1v) is 9.52. The van der Waals surface area contributed by atoms with Crippen molar-refractivity contribution in [1.29, 1.82) is 0 Å². The molecule has 0 saturated heterocycles. The summed E-state index contributed by atoms with van der Waals surface area (Å²) in [4.78, 5) is 35.6. The van der Waals surface area contributed by atoms with Gasteiger partial charge in [0.1, 0.15) is 0 Å². The van der Waals surface area contributed by atoms with Crippen LogP contribution in [0.25, 0.3) is 0 Å². The summed E-state index contributed by atoms with van der Waals surface area (Å²) in [6.45, 7) is 6.42. The fraction of sp³-hybridized carbons (Fsp3) is 0.409. The molecule has 1 amide bonds. The van der Waals surface area contributed by atoms with Crippen molar-refractivity contribution in [3.05, 3.63) is 52.8 Å². The normalized spacial score (nSPS) is 10.6. The number of ether oxygens (including phenoxy) is 2. The van der Waals surface area contributed by atoms with Gasteiger partial charge in [-0.2, -0.15) is 0 Å². The van der Waals surface area contributed by atoms with Crippen molar-refractivity contribution in [1.82, 2.24) is 4.57 Å². The molecule has 1 aromatic carbocycles. The lowest BCUT2D eigenvalue weighted by atomic mass is 10.1. The Bertz CT molecular complexity index is 868. The molecule has 0 saturated carbocycles. The van der Waals surface area contributed by atoms with Crippen molar-refractivity contribution in [3.63, 3.8) is 0 Å². The molecular formula is C22H28N2O5. The van der Waals surface area contributed by atoms with E-state index in [1.165, 1.54) is 6.92 Å². The van der Waals surface area contributed by atoms with Gasteiger partial charge in [0.15, 0.2) is 6.61 Å². The number of ketones is 1. The second-order valence-corrected chi connectivity index (χ2v) is 6.92. The SMILES string of the molecule is COCCCn1c(C)cc(C(=O)COC(=O)Cc2ccc(NC(C)=O)cc2)c1C. The minimum absolute atomic E-state index is 0.0592. The molecule has 1 heterocycles. The van der Waals surface area contributed by atoms with Crippen LogP contribution in [0.3, 0.4) is 0 Å². The molecule has 1 N–H and O–H groups in total. The van der Waals surface area contributed by atoms with Crippen LogP contribution in [0.1, 0.15) is 40.7 Å². The van der Waals surface area contributed by atoms with E-state index in [1.807, 2.05) is 19.9 Å². The maximum absolute atomic E-state index is 12.5. The van der Waals surface area contributed by atoms with Crippen LogP contribution in [-0.4, -0.2) is 42.6 Å². The van der Waals surface area contributed by atoms with Gasteiger partial charge in [0.2, 0.25) is 11.7 Å². The summed E-state index contributed by atoms with van der Waals surface area (Å²) in [7, 11) is 1.66. The van der Waals surface area contributed by atoms with Crippen LogP contribution in [0.15, 0.2) is 30.3 Å². The smallest absolute Gasteiger partial charge is 0.310 e. The lowest BCUT2D eigenvalue weighted by molar-refractivity contribution is -0.141. The number of carbonyl (C=O) groups is 3. The zero-order valence-corrected chi connectivity index (χ0v) is 17.4. The fourth-order valence-corrected chi connectivity index (χ4v) is 3.15. The highest BCUT2D eigenvalue weighted by Crippen LogP contribution is 2.17. The summed E-state index contributed by atoms with van der Waals surface area (Å²) in [6.07, 6.45) is 0.917. The molecule has 1 aromatic heterocycles. The number of rotatable bonds is 10. The minimum Gasteiger partial charge on any atom is -0.457 e. The molecule has 0 bridgehead atoms. The van der Waals surface area contributed by atoms with E-state index >= 15 is 0 Å². The lowest BCUT2D eigenvalue weighted by Crippen LogP contribution is -2.16. The number of aryl methyl sites for hydroxylation is 1. The Kier molecular flexibility index (Phi) is 8.15. The number of esters is 1. The third kappa shape index (κ3) is 6.57. The standard InChI is InChI=1S/C22H28N2O5/c1-15-12-20(16(2)24(15)10-5-11-28-4)21(26)14-29-22(27)13-18-6-8-19(9-7-18)23-17(3)25/h6-9,12H,5,10-11,13-14H2,1-4H3,(H,23,25). The summed E-state index contributed by atoms with van der Waals surface area (Å²) in [5.74, 6) is -0.848. The van der Waals surface area contributed by atoms with Gasteiger partial charge in [-0.1, -0.05) is 12.1 Å². The Morgan fingerprint density at radius 3 is 2.41 bits per heavy atom. The zero-order chi connectivity index (χ0) is 21.4. The van der Waals surface area contributed by atoms with Crippen molar-refractivity contribution in [2.24, 2.45) is 0 Å². The minimum atomic E-state index is -0.473. The van der Waals surface area contributed by atoms with Gasteiger partial charge in [-0.05, 0) is 44.0 Å². The second-order valence-electron chi connectivity index (χ2n) is 6.92. The molecule has 0 radical (unpaired) electrons. The molecular weight excluding hydrogens is 372 g/mol. The van der Waals surface area contributed by atoms with E-state index in [9.17, 15) is 14.4 Å². The first-order chi connectivity index (χ1) is 13.8. The van der Waals surface area contributed by atoms with E-state index < -0.39 is 5.97 Å². The zero-order valence-electron chi connectivity index (χ0n) is 17.4. The maximum Gasteiger partial charge on any atom is 0.310 e. The average Bonchev–Trinajstić information content (AvgIpc) is 2.95. The van der Waals surface area contributed by atoms with Gasteiger partial charge in [0.05, 0.1) is 6.42 Å². The predicted molar refractivity (Wildman–Crippen MR) is 110 cm³/mol. The van der Waals surface area contributed by atoms with Gasteiger partial charge in [-0.3, -0.25) is 14.4 Å². The largest absolute Gasteiger partial charge is 0.457 e. The van der Waals surface area contributed by atoms with Crippen molar-refractivity contribution in [2.45, 2.75) is 40.2 Å². The third-order valence-corrected chi connectivity index (χ3v) is 4.59. The van der Waals surface area contributed by atoms with Gasteiger partial charge in [0.25, 0.3) is 0 Å².